The molecule has 7 heteroatoms. The molecule has 2 amide bonds. The molecule has 0 saturated carbocycles. The van der Waals surface area contributed by atoms with Gasteiger partial charge in [0.25, 0.3) is 0 Å². The van der Waals surface area contributed by atoms with Crippen LogP contribution in [-0.2, 0) is 13.5 Å². The number of tetrazole rings is 1. The number of likely N-dealkylation sites (tertiary alicyclic amines) is 1. The molecule has 1 aliphatic rings. The van der Waals surface area contributed by atoms with Gasteiger partial charge in [-0.05, 0) is 29.3 Å². The molecule has 1 fully saturated rings. The number of aryl methyl sites for hydroxylation is 1. The number of hydrogen-bond donors (Lipinski definition) is 1. The van der Waals surface area contributed by atoms with Gasteiger partial charge in [-0.3, -0.25) is 0 Å². The van der Waals surface area contributed by atoms with Crippen molar-refractivity contribution in [3.8, 4) is 0 Å². The Bertz CT molecular complexity index is 656. The van der Waals surface area contributed by atoms with Crippen LogP contribution in [0.25, 0.3) is 0 Å². The van der Waals surface area contributed by atoms with Crippen molar-refractivity contribution in [2.45, 2.75) is 31.7 Å². The summed E-state index contributed by atoms with van der Waals surface area (Å²) < 4.78 is 1.62. The van der Waals surface area contributed by atoms with Crippen LogP contribution in [0.1, 0.15) is 30.7 Å². The molecule has 1 aromatic carbocycles. The lowest BCUT2D eigenvalue weighted by molar-refractivity contribution is 0.196. The predicted octanol–water partition coefficient (Wildman–Crippen LogP) is 1.34. The zero-order valence-corrected chi connectivity index (χ0v) is 13.5. The van der Waals surface area contributed by atoms with Gasteiger partial charge in [-0.2, -0.15) is 0 Å². The van der Waals surface area contributed by atoms with Gasteiger partial charge in [0.1, 0.15) is 0 Å². The highest BCUT2D eigenvalue weighted by molar-refractivity contribution is 5.75. The molecule has 1 saturated heterocycles. The average Bonchev–Trinajstić information content (AvgIpc) is 3.14. The molecule has 2 aromatic rings. The van der Waals surface area contributed by atoms with Crippen molar-refractivity contribution in [3.63, 3.8) is 0 Å². The second-order valence-electron chi connectivity index (χ2n) is 6.05. The van der Waals surface area contributed by atoms with E-state index in [9.17, 15) is 4.79 Å². The molecule has 1 aromatic heterocycles. The fourth-order valence-electron chi connectivity index (χ4n) is 3.12. The van der Waals surface area contributed by atoms with E-state index in [1.54, 1.807) is 11.7 Å². The molecule has 0 aliphatic carbocycles. The summed E-state index contributed by atoms with van der Waals surface area (Å²) in [5.74, 6) is 1.18. The van der Waals surface area contributed by atoms with Gasteiger partial charge in [-0.25, -0.2) is 9.48 Å². The van der Waals surface area contributed by atoms with Crippen molar-refractivity contribution in [1.82, 2.24) is 30.4 Å². The monoisotopic (exact) mass is 314 g/mol. The molecular formula is C16H22N6O. The van der Waals surface area contributed by atoms with Crippen molar-refractivity contribution < 1.29 is 4.79 Å². The molecule has 1 aliphatic heterocycles. The van der Waals surface area contributed by atoms with Crippen LogP contribution in [0.4, 0.5) is 4.79 Å². The minimum atomic E-state index is -0.00828. The molecule has 2 atom stereocenters. The van der Waals surface area contributed by atoms with Gasteiger partial charge < -0.3 is 10.2 Å². The molecule has 1 N–H and O–H groups in total. The lowest BCUT2D eigenvalue weighted by Gasteiger charge is -2.21. The summed E-state index contributed by atoms with van der Waals surface area (Å²) in [5, 5.41) is 14.3. The van der Waals surface area contributed by atoms with Crippen LogP contribution in [0.15, 0.2) is 30.3 Å². The minimum Gasteiger partial charge on any atom is -0.338 e. The van der Waals surface area contributed by atoms with Gasteiger partial charge >= 0.3 is 6.03 Å². The number of rotatable bonds is 4. The molecule has 23 heavy (non-hydrogen) atoms. The normalized spacial score (nSPS) is 20.7. The van der Waals surface area contributed by atoms with E-state index >= 15 is 0 Å². The zero-order chi connectivity index (χ0) is 16.2. The Kier molecular flexibility index (Phi) is 4.55. The number of amides is 2. The Morgan fingerprint density at radius 2 is 2.13 bits per heavy atom. The van der Waals surface area contributed by atoms with E-state index in [4.69, 9.17) is 0 Å². The first-order valence-corrected chi connectivity index (χ1v) is 7.96. The second-order valence-corrected chi connectivity index (χ2v) is 6.05. The summed E-state index contributed by atoms with van der Waals surface area (Å²) in [6, 6.07) is 10.6. The molecule has 0 radical (unpaired) electrons. The first-order chi connectivity index (χ1) is 11.1. The zero-order valence-electron chi connectivity index (χ0n) is 13.5. The number of nitrogens with one attached hydrogen (secondary N) is 1. The van der Waals surface area contributed by atoms with Crippen LogP contribution in [-0.4, -0.2) is 50.3 Å². The van der Waals surface area contributed by atoms with Crippen LogP contribution in [0, 0.1) is 0 Å². The molecule has 122 valence electrons. The first-order valence-electron chi connectivity index (χ1n) is 7.96. The van der Waals surface area contributed by atoms with Crippen molar-refractivity contribution in [2.75, 3.05) is 13.1 Å². The van der Waals surface area contributed by atoms with Crippen LogP contribution < -0.4 is 5.32 Å². The number of aromatic nitrogens is 4. The largest absolute Gasteiger partial charge is 0.338 e. The van der Waals surface area contributed by atoms with Gasteiger partial charge in [-0.1, -0.05) is 30.3 Å². The van der Waals surface area contributed by atoms with Gasteiger partial charge in [-0.15, -0.1) is 5.10 Å². The smallest absolute Gasteiger partial charge is 0.317 e. The average molecular weight is 314 g/mol. The Labute approximate surface area is 135 Å². The van der Waals surface area contributed by atoms with Crippen LogP contribution >= 0.6 is 0 Å². The number of carbonyl (C=O) groups excluding carboxylic acids is 1. The molecular weight excluding hydrogens is 292 g/mol. The predicted molar refractivity (Wildman–Crippen MR) is 85.9 cm³/mol. The van der Waals surface area contributed by atoms with Crippen molar-refractivity contribution in [2.24, 2.45) is 7.05 Å². The van der Waals surface area contributed by atoms with E-state index in [1.165, 1.54) is 5.56 Å². The van der Waals surface area contributed by atoms with Crippen molar-refractivity contribution >= 4 is 6.03 Å². The minimum absolute atomic E-state index is 0.00828. The molecule has 3 rings (SSSR count). The molecule has 0 bridgehead atoms. The summed E-state index contributed by atoms with van der Waals surface area (Å²) in [6.45, 7) is 3.41. The van der Waals surface area contributed by atoms with E-state index in [2.05, 4.69) is 52.0 Å². The third-order valence-electron chi connectivity index (χ3n) is 4.44. The maximum atomic E-state index is 12.4. The fourth-order valence-corrected chi connectivity index (χ4v) is 3.12. The summed E-state index contributed by atoms with van der Waals surface area (Å²) in [4.78, 5) is 14.3. The van der Waals surface area contributed by atoms with E-state index in [-0.39, 0.29) is 12.1 Å². The lowest BCUT2D eigenvalue weighted by Crippen LogP contribution is -2.42. The highest BCUT2D eigenvalue weighted by Crippen LogP contribution is 2.31. The molecule has 2 unspecified atom stereocenters. The fraction of sp³-hybridized carbons (Fsp3) is 0.500. The highest BCUT2D eigenvalue weighted by atomic mass is 16.2. The Balaban J connectivity index is 1.52. The lowest BCUT2D eigenvalue weighted by atomic mass is 9.97. The quantitative estimate of drug-likeness (QED) is 0.924. The highest BCUT2D eigenvalue weighted by Gasteiger charge is 2.32. The molecule has 7 nitrogen and oxygen atoms in total. The topological polar surface area (TPSA) is 75.9 Å². The number of hydrogen-bond acceptors (Lipinski definition) is 4. The summed E-state index contributed by atoms with van der Waals surface area (Å²) in [6.07, 6.45) is 1.63. The number of urea groups is 1. The van der Waals surface area contributed by atoms with Gasteiger partial charge in [0.15, 0.2) is 5.82 Å². The van der Waals surface area contributed by atoms with Gasteiger partial charge in [0.2, 0.25) is 0 Å². The van der Waals surface area contributed by atoms with Crippen LogP contribution in [0.2, 0.25) is 0 Å². The third-order valence-corrected chi connectivity index (χ3v) is 4.44. The van der Waals surface area contributed by atoms with Crippen LogP contribution in [0.5, 0.6) is 0 Å². The molecule has 2 heterocycles. The third kappa shape index (κ3) is 3.49. The Hall–Kier alpha value is -2.44. The SMILES string of the molecule is CC1CC(c2ccccc2)CN1C(=O)NCCc1nnnn1C. The maximum absolute atomic E-state index is 12.4. The van der Waals surface area contributed by atoms with E-state index < -0.39 is 0 Å². The van der Waals surface area contributed by atoms with E-state index in [0.717, 1.165) is 18.8 Å². The van der Waals surface area contributed by atoms with Crippen LogP contribution in [0.3, 0.4) is 0 Å². The number of nitrogens with zero attached hydrogens (tertiary/aromatic N) is 5. The summed E-state index contributed by atoms with van der Waals surface area (Å²) in [5.41, 5.74) is 1.31. The van der Waals surface area contributed by atoms with Gasteiger partial charge in [0, 0.05) is 38.5 Å². The summed E-state index contributed by atoms with van der Waals surface area (Å²) >= 11 is 0. The Morgan fingerprint density at radius 3 is 2.83 bits per heavy atom. The first kappa shape index (κ1) is 15.5. The summed E-state index contributed by atoms with van der Waals surface area (Å²) in [7, 11) is 1.80. The van der Waals surface area contributed by atoms with E-state index in [0.29, 0.717) is 18.9 Å². The van der Waals surface area contributed by atoms with Crippen molar-refractivity contribution in [1.29, 1.82) is 0 Å². The van der Waals surface area contributed by atoms with Gasteiger partial charge in [0.05, 0.1) is 0 Å². The molecule has 0 spiro atoms. The van der Waals surface area contributed by atoms with Crippen molar-refractivity contribution in [3.05, 3.63) is 41.7 Å². The van der Waals surface area contributed by atoms with E-state index in [1.807, 2.05) is 11.0 Å². The standard InChI is InChI=1S/C16H22N6O/c1-12-10-14(13-6-4-3-5-7-13)11-22(12)16(23)17-9-8-15-18-19-20-21(15)2/h3-7,12,14H,8-11H2,1-2H3,(H,17,23). The number of benzene rings is 1. The Morgan fingerprint density at radius 1 is 1.35 bits per heavy atom. The second kappa shape index (κ2) is 6.76. The number of carbonyl (C=O) groups is 1. The maximum Gasteiger partial charge on any atom is 0.317 e.